The third-order valence-electron chi connectivity index (χ3n) is 3.59. The molecular weight excluding hydrogens is 324 g/mol. The molecule has 0 aliphatic heterocycles. The first-order valence-corrected chi connectivity index (χ1v) is 7.67. The second-order valence-electron chi connectivity index (χ2n) is 5.43. The number of benzene rings is 1. The lowest BCUT2D eigenvalue weighted by Gasteiger charge is -2.02. The number of hydrogen-bond acceptors (Lipinski definition) is 5. The molecule has 9 nitrogen and oxygen atoms in total. The van der Waals surface area contributed by atoms with E-state index in [1.54, 1.807) is 30.7 Å². The minimum absolute atomic E-state index is 0.00260. The number of anilines is 1. The number of nitro groups is 1. The first kappa shape index (κ1) is 16.4. The minimum Gasteiger partial charge on any atom is -0.337 e. The van der Waals surface area contributed by atoms with E-state index in [0.29, 0.717) is 36.5 Å². The molecule has 0 aliphatic carbocycles. The minimum atomic E-state index is -0.456. The predicted molar refractivity (Wildman–Crippen MR) is 90.8 cm³/mol. The number of nitro benzene ring substituents is 1. The zero-order chi connectivity index (χ0) is 17.6. The van der Waals surface area contributed by atoms with Crippen LogP contribution in [0.4, 0.5) is 11.5 Å². The van der Waals surface area contributed by atoms with Crippen LogP contribution in [0.15, 0.2) is 49.1 Å². The molecule has 1 amide bonds. The highest BCUT2D eigenvalue weighted by Gasteiger charge is 2.11. The number of hydrogen-bond donors (Lipinski definition) is 2. The summed E-state index contributed by atoms with van der Waals surface area (Å²) < 4.78 is 1.90. The summed E-state index contributed by atoms with van der Waals surface area (Å²) in [6, 6.07) is 7.85. The Balaban J connectivity index is 1.57. The smallest absolute Gasteiger partial charge is 0.270 e. The van der Waals surface area contributed by atoms with Crippen molar-refractivity contribution in [2.24, 2.45) is 0 Å². The van der Waals surface area contributed by atoms with Gasteiger partial charge in [-0.15, -0.1) is 0 Å². The summed E-state index contributed by atoms with van der Waals surface area (Å²) in [6.45, 7) is 0.715. The zero-order valence-electron chi connectivity index (χ0n) is 13.3. The summed E-state index contributed by atoms with van der Waals surface area (Å²) in [6.07, 6.45) is 6.29. The molecule has 0 aliphatic rings. The number of H-pyrrole nitrogens is 1. The van der Waals surface area contributed by atoms with E-state index in [9.17, 15) is 14.9 Å². The lowest BCUT2D eigenvalue weighted by atomic mass is 10.1. The van der Waals surface area contributed by atoms with Crippen molar-refractivity contribution in [1.29, 1.82) is 0 Å². The average Bonchev–Trinajstić information content (AvgIpc) is 3.27. The number of nitrogens with zero attached hydrogens (tertiary/aromatic N) is 4. The number of nitrogens with one attached hydrogen (secondary N) is 2. The van der Waals surface area contributed by atoms with E-state index < -0.39 is 4.92 Å². The van der Waals surface area contributed by atoms with Crippen molar-refractivity contribution in [3.05, 3.63) is 59.2 Å². The largest absolute Gasteiger partial charge is 0.337 e. The number of aryl methyl sites for hydroxylation is 1. The molecule has 1 aromatic carbocycles. The fourth-order valence-corrected chi connectivity index (χ4v) is 2.37. The standard InChI is InChI=1S/C16H16N6O3/c23-16(5-2-7-21-8-6-17-11-21)18-15-10-14(19-20-15)12-3-1-4-13(9-12)22(24)25/h1,3-4,6,8-11H,2,5,7H2,(H2,18,19,20,23). The van der Waals surface area contributed by atoms with Crippen molar-refractivity contribution >= 4 is 17.4 Å². The third-order valence-corrected chi connectivity index (χ3v) is 3.59. The van der Waals surface area contributed by atoms with Gasteiger partial charge in [-0.1, -0.05) is 12.1 Å². The molecule has 0 saturated heterocycles. The summed E-state index contributed by atoms with van der Waals surface area (Å²) >= 11 is 0. The number of aromatic amines is 1. The quantitative estimate of drug-likeness (QED) is 0.506. The summed E-state index contributed by atoms with van der Waals surface area (Å²) in [7, 11) is 0. The maximum Gasteiger partial charge on any atom is 0.270 e. The van der Waals surface area contributed by atoms with Crippen LogP contribution in [0, 0.1) is 10.1 Å². The van der Waals surface area contributed by atoms with Crippen molar-refractivity contribution in [2.75, 3.05) is 5.32 Å². The molecule has 3 rings (SSSR count). The second-order valence-corrected chi connectivity index (χ2v) is 5.43. The highest BCUT2D eigenvalue weighted by molar-refractivity contribution is 5.90. The Bertz CT molecular complexity index is 872. The first-order chi connectivity index (χ1) is 12.1. The number of amides is 1. The molecule has 9 heteroatoms. The highest BCUT2D eigenvalue weighted by Crippen LogP contribution is 2.23. The SMILES string of the molecule is O=C(CCCn1ccnc1)Nc1cc(-c2cccc([N+](=O)[O-])c2)[nH]n1. The lowest BCUT2D eigenvalue weighted by molar-refractivity contribution is -0.384. The van der Waals surface area contributed by atoms with Crippen LogP contribution < -0.4 is 5.32 Å². The van der Waals surface area contributed by atoms with Gasteiger partial charge in [0.05, 0.1) is 16.9 Å². The van der Waals surface area contributed by atoms with Crippen molar-refractivity contribution in [3.8, 4) is 11.3 Å². The van der Waals surface area contributed by atoms with Crippen LogP contribution in [-0.2, 0) is 11.3 Å². The van der Waals surface area contributed by atoms with Crippen LogP contribution in [-0.4, -0.2) is 30.6 Å². The van der Waals surface area contributed by atoms with E-state index in [0.717, 1.165) is 0 Å². The Kier molecular flexibility index (Phi) is 4.84. The fourth-order valence-electron chi connectivity index (χ4n) is 2.37. The molecule has 0 bridgehead atoms. The predicted octanol–water partition coefficient (Wildman–Crippen LogP) is 2.60. The number of rotatable bonds is 7. The Morgan fingerprint density at radius 1 is 1.36 bits per heavy atom. The number of imidazole rings is 1. The zero-order valence-corrected chi connectivity index (χ0v) is 13.3. The van der Waals surface area contributed by atoms with Gasteiger partial charge in [0.1, 0.15) is 0 Å². The summed E-state index contributed by atoms with van der Waals surface area (Å²) in [5.41, 5.74) is 1.22. The van der Waals surface area contributed by atoms with E-state index in [1.165, 1.54) is 12.1 Å². The van der Waals surface area contributed by atoms with Gasteiger partial charge in [-0.05, 0) is 6.42 Å². The second kappa shape index (κ2) is 7.39. The van der Waals surface area contributed by atoms with Gasteiger partial charge in [-0.2, -0.15) is 5.10 Å². The van der Waals surface area contributed by atoms with Crippen molar-refractivity contribution < 1.29 is 9.72 Å². The van der Waals surface area contributed by atoms with Gasteiger partial charge in [0.25, 0.3) is 5.69 Å². The molecule has 0 unspecified atom stereocenters. The van der Waals surface area contributed by atoms with Gasteiger partial charge in [-0.25, -0.2) is 4.98 Å². The lowest BCUT2D eigenvalue weighted by Crippen LogP contribution is -2.12. The summed E-state index contributed by atoms with van der Waals surface area (Å²) in [4.78, 5) is 26.3. The van der Waals surface area contributed by atoms with Crippen molar-refractivity contribution in [2.45, 2.75) is 19.4 Å². The van der Waals surface area contributed by atoms with Gasteiger partial charge >= 0.3 is 0 Å². The molecule has 0 atom stereocenters. The molecule has 128 valence electrons. The topological polar surface area (TPSA) is 119 Å². The van der Waals surface area contributed by atoms with Crippen LogP contribution in [0.1, 0.15) is 12.8 Å². The molecule has 25 heavy (non-hydrogen) atoms. The van der Waals surface area contributed by atoms with Crippen LogP contribution >= 0.6 is 0 Å². The molecular formula is C16H16N6O3. The van der Waals surface area contributed by atoms with E-state index in [2.05, 4.69) is 20.5 Å². The molecule has 0 spiro atoms. The number of carbonyl (C=O) groups excluding carboxylic acids is 1. The van der Waals surface area contributed by atoms with Crippen LogP contribution in [0.25, 0.3) is 11.3 Å². The fraction of sp³-hybridized carbons (Fsp3) is 0.188. The normalized spacial score (nSPS) is 10.6. The van der Waals surface area contributed by atoms with E-state index in [-0.39, 0.29) is 11.6 Å². The van der Waals surface area contributed by atoms with Gasteiger partial charge in [0.2, 0.25) is 5.91 Å². The summed E-state index contributed by atoms with van der Waals surface area (Å²) in [5, 5.41) is 20.3. The molecule has 0 fully saturated rings. The van der Waals surface area contributed by atoms with Gasteiger partial charge < -0.3 is 9.88 Å². The van der Waals surface area contributed by atoms with Gasteiger partial charge in [0.15, 0.2) is 5.82 Å². The van der Waals surface area contributed by atoms with Gasteiger partial charge in [-0.3, -0.25) is 20.0 Å². The molecule has 3 aromatic rings. The number of non-ortho nitro benzene ring substituents is 1. The molecule has 0 radical (unpaired) electrons. The number of carbonyl (C=O) groups is 1. The monoisotopic (exact) mass is 340 g/mol. The number of aromatic nitrogens is 4. The molecule has 2 heterocycles. The highest BCUT2D eigenvalue weighted by atomic mass is 16.6. The Labute approximate surface area is 142 Å². The third kappa shape index (κ3) is 4.28. The average molecular weight is 340 g/mol. The molecule has 2 aromatic heterocycles. The maximum atomic E-state index is 12.0. The Morgan fingerprint density at radius 3 is 3.00 bits per heavy atom. The van der Waals surface area contributed by atoms with Crippen molar-refractivity contribution in [1.82, 2.24) is 19.7 Å². The van der Waals surface area contributed by atoms with Crippen molar-refractivity contribution in [3.63, 3.8) is 0 Å². The van der Waals surface area contributed by atoms with Crippen LogP contribution in [0.5, 0.6) is 0 Å². The molecule has 0 saturated carbocycles. The Hall–Kier alpha value is -3.49. The van der Waals surface area contributed by atoms with E-state index in [1.807, 2.05) is 10.8 Å². The molecule has 2 N–H and O–H groups in total. The Morgan fingerprint density at radius 2 is 2.24 bits per heavy atom. The van der Waals surface area contributed by atoms with Gasteiger partial charge in [0, 0.05) is 49.1 Å². The van der Waals surface area contributed by atoms with Crippen LogP contribution in [0.3, 0.4) is 0 Å². The van der Waals surface area contributed by atoms with Crippen LogP contribution in [0.2, 0.25) is 0 Å². The van der Waals surface area contributed by atoms with E-state index in [4.69, 9.17) is 0 Å². The maximum absolute atomic E-state index is 12.0. The summed E-state index contributed by atoms with van der Waals surface area (Å²) in [5.74, 6) is 0.242. The van der Waals surface area contributed by atoms with E-state index >= 15 is 0 Å². The first-order valence-electron chi connectivity index (χ1n) is 7.67.